The quantitative estimate of drug-likeness (QED) is 0.357. The van der Waals surface area contributed by atoms with E-state index in [1.165, 1.54) is 6.42 Å². The molecule has 172 valence electrons. The maximum atomic E-state index is 12.4. The predicted molar refractivity (Wildman–Crippen MR) is 124 cm³/mol. The zero-order valence-electron chi connectivity index (χ0n) is 19.8. The van der Waals surface area contributed by atoms with Crippen molar-refractivity contribution in [2.45, 2.75) is 95.7 Å². The molecule has 0 bridgehead atoms. The van der Waals surface area contributed by atoms with E-state index >= 15 is 0 Å². The van der Waals surface area contributed by atoms with Gasteiger partial charge in [0.2, 0.25) is 0 Å². The highest BCUT2D eigenvalue weighted by Crippen LogP contribution is 2.45. The van der Waals surface area contributed by atoms with Gasteiger partial charge in [-0.25, -0.2) is 4.79 Å². The molecule has 1 saturated heterocycles. The molecule has 0 radical (unpaired) electrons. The zero-order valence-corrected chi connectivity index (χ0v) is 20.6. The van der Waals surface area contributed by atoms with Crippen LogP contribution in [0.15, 0.2) is 17.3 Å². The molecule has 2 aliphatic rings. The van der Waals surface area contributed by atoms with Gasteiger partial charge in [0.25, 0.3) is 0 Å². The number of thioether (sulfide) groups is 1. The Balaban J connectivity index is 2.06. The lowest BCUT2D eigenvalue weighted by Crippen LogP contribution is -2.52. The van der Waals surface area contributed by atoms with Crippen LogP contribution in [0.1, 0.15) is 73.6 Å². The largest absolute Gasteiger partial charge is 0.494 e. The number of ether oxygens (including phenoxy) is 2. The maximum Gasteiger partial charge on any atom is 0.410 e. The van der Waals surface area contributed by atoms with E-state index in [0.717, 1.165) is 18.6 Å². The maximum absolute atomic E-state index is 12.4. The molecule has 6 nitrogen and oxygen atoms in total. The molecule has 0 spiro atoms. The van der Waals surface area contributed by atoms with E-state index in [1.807, 2.05) is 20.8 Å². The first kappa shape index (κ1) is 25.1. The molecular weight excluding hydrogens is 400 g/mol. The Morgan fingerprint density at radius 2 is 1.80 bits per heavy atom. The summed E-state index contributed by atoms with van der Waals surface area (Å²) in [7, 11) is 1.72. The average molecular weight is 441 g/mol. The van der Waals surface area contributed by atoms with Gasteiger partial charge in [0, 0.05) is 33.0 Å². The summed E-state index contributed by atoms with van der Waals surface area (Å²) in [5, 5.41) is 12.1. The number of piperidine rings is 1. The van der Waals surface area contributed by atoms with Crippen LogP contribution in [0.2, 0.25) is 0 Å². The molecule has 1 saturated carbocycles. The normalized spacial score (nSPS) is 22.3. The predicted octanol–water partition coefficient (Wildman–Crippen LogP) is 5.01. The van der Waals surface area contributed by atoms with Gasteiger partial charge in [0.1, 0.15) is 22.0 Å². The van der Waals surface area contributed by atoms with Crippen molar-refractivity contribution < 1.29 is 19.4 Å². The second kappa shape index (κ2) is 9.51. The second-order valence-corrected chi connectivity index (χ2v) is 11.4. The number of amides is 1. The van der Waals surface area contributed by atoms with Crippen molar-refractivity contribution in [3.63, 3.8) is 0 Å². The molecule has 1 amide bonds. The molecule has 1 aliphatic carbocycles. The first-order valence-corrected chi connectivity index (χ1v) is 11.8. The van der Waals surface area contributed by atoms with E-state index in [2.05, 4.69) is 32.3 Å². The third-order valence-electron chi connectivity index (χ3n) is 6.17. The van der Waals surface area contributed by atoms with Crippen LogP contribution in [-0.2, 0) is 9.47 Å². The molecular formula is C23H40N2O4S. The van der Waals surface area contributed by atoms with E-state index in [9.17, 15) is 9.90 Å². The monoisotopic (exact) mass is 440 g/mol. The van der Waals surface area contributed by atoms with Gasteiger partial charge < -0.3 is 19.5 Å². The first-order valence-electron chi connectivity index (χ1n) is 11.0. The average Bonchev–Trinajstić information content (AvgIpc) is 2.61. The summed E-state index contributed by atoms with van der Waals surface area (Å²) < 4.78 is 11.2. The van der Waals surface area contributed by atoms with Crippen LogP contribution in [0.3, 0.4) is 0 Å². The van der Waals surface area contributed by atoms with Gasteiger partial charge in [-0.05, 0) is 52.9 Å². The van der Waals surface area contributed by atoms with Gasteiger partial charge in [-0.3, -0.25) is 4.99 Å². The molecule has 1 heterocycles. The van der Waals surface area contributed by atoms with Crippen LogP contribution >= 0.6 is 11.8 Å². The minimum Gasteiger partial charge on any atom is -0.494 e. The van der Waals surface area contributed by atoms with Gasteiger partial charge in [0.05, 0.1) is 10.9 Å². The van der Waals surface area contributed by atoms with Crippen molar-refractivity contribution in [3.8, 4) is 0 Å². The summed E-state index contributed by atoms with van der Waals surface area (Å²) in [6, 6.07) is 0. The van der Waals surface area contributed by atoms with Crippen molar-refractivity contribution in [2.24, 2.45) is 10.9 Å². The number of likely N-dealkylation sites (tertiary alicyclic amines) is 1. The van der Waals surface area contributed by atoms with Crippen LogP contribution in [0.25, 0.3) is 0 Å². The molecule has 0 aromatic carbocycles. The molecule has 2 rings (SSSR count). The number of aliphatic hydroxyl groups is 1. The Bertz CT molecular complexity index is 659. The fourth-order valence-electron chi connectivity index (χ4n) is 3.45. The number of carbonyl (C=O) groups is 1. The molecule has 0 unspecified atom stereocenters. The minimum atomic E-state index is -1.06. The van der Waals surface area contributed by atoms with Crippen LogP contribution in [0.4, 0.5) is 4.79 Å². The van der Waals surface area contributed by atoms with E-state index in [4.69, 9.17) is 9.47 Å². The highest BCUT2D eigenvalue weighted by atomic mass is 32.2. The van der Waals surface area contributed by atoms with Crippen LogP contribution < -0.4 is 0 Å². The summed E-state index contributed by atoms with van der Waals surface area (Å²) in [5.41, 5.74) is -1.60. The standard InChI is InChI=1S/C23H40N2O4S/c1-16(2)22(7,17(3)28-18-10-9-11-18)30-19(24-8)23(27)12-14-25(15-13-23)20(26)29-21(4,5)6/h16,18,27H,3,9-15H2,1-2,4-8H3/t22-/m1/s1. The Morgan fingerprint density at radius 1 is 1.23 bits per heavy atom. The molecule has 2 fully saturated rings. The summed E-state index contributed by atoms with van der Waals surface area (Å²) in [5.74, 6) is 1.00. The molecule has 7 heteroatoms. The Kier molecular flexibility index (Phi) is 7.94. The molecule has 0 aromatic heterocycles. The van der Waals surface area contributed by atoms with Gasteiger partial charge in [-0.1, -0.05) is 32.2 Å². The minimum absolute atomic E-state index is 0.247. The van der Waals surface area contributed by atoms with Crippen LogP contribution in [0.5, 0.6) is 0 Å². The molecule has 0 aromatic rings. The number of rotatable bonds is 6. The lowest BCUT2D eigenvalue weighted by molar-refractivity contribution is -0.00118. The topological polar surface area (TPSA) is 71.4 Å². The Morgan fingerprint density at radius 3 is 2.20 bits per heavy atom. The van der Waals surface area contributed by atoms with Crippen LogP contribution in [0, 0.1) is 5.92 Å². The first-order chi connectivity index (χ1) is 13.8. The third kappa shape index (κ3) is 5.94. The van der Waals surface area contributed by atoms with Gasteiger partial charge in [-0.2, -0.15) is 0 Å². The van der Waals surface area contributed by atoms with Crippen molar-refractivity contribution >= 4 is 22.9 Å². The highest BCUT2D eigenvalue weighted by molar-refractivity contribution is 8.15. The van der Waals surface area contributed by atoms with E-state index < -0.39 is 15.9 Å². The zero-order chi connectivity index (χ0) is 22.7. The van der Waals surface area contributed by atoms with Gasteiger partial charge >= 0.3 is 6.09 Å². The molecule has 1 atom stereocenters. The van der Waals surface area contributed by atoms with Gasteiger partial charge in [0.15, 0.2) is 0 Å². The Hall–Kier alpha value is -1.21. The second-order valence-electron chi connectivity index (χ2n) is 9.99. The van der Waals surface area contributed by atoms with Crippen LogP contribution in [-0.4, -0.2) is 63.3 Å². The molecule has 30 heavy (non-hydrogen) atoms. The fraction of sp³-hybridized carbons (Fsp3) is 0.826. The van der Waals surface area contributed by atoms with E-state index in [0.29, 0.717) is 31.0 Å². The smallest absolute Gasteiger partial charge is 0.410 e. The third-order valence-corrected chi connectivity index (χ3v) is 8.05. The summed E-state index contributed by atoms with van der Waals surface area (Å²) >= 11 is 1.55. The highest BCUT2D eigenvalue weighted by Gasteiger charge is 2.45. The fourth-order valence-corrected chi connectivity index (χ4v) is 4.74. The summed E-state index contributed by atoms with van der Waals surface area (Å²) in [6.07, 6.45) is 4.15. The van der Waals surface area contributed by atoms with Crippen molar-refractivity contribution in [1.29, 1.82) is 0 Å². The summed E-state index contributed by atoms with van der Waals surface area (Å²) in [6.45, 7) is 17.1. The van der Waals surface area contributed by atoms with Crippen molar-refractivity contribution in [1.82, 2.24) is 4.90 Å². The molecule has 1 N–H and O–H groups in total. The van der Waals surface area contributed by atoms with E-state index in [1.54, 1.807) is 23.7 Å². The lowest BCUT2D eigenvalue weighted by Gasteiger charge is -2.43. The Labute approximate surface area is 186 Å². The number of aliphatic imine (C=N–C) groups is 1. The number of hydrogen-bond acceptors (Lipinski definition) is 6. The lowest BCUT2D eigenvalue weighted by atomic mass is 9.92. The number of hydrogen-bond donors (Lipinski definition) is 1. The van der Waals surface area contributed by atoms with Crippen molar-refractivity contribution in [2.75, 3.05) is 20.1 Å². The van der Waals surface area contributed by atoms with Crippen molar-refractivity contribution in [3.05, 3.63) is 12.3 Å². The van der Waals surface area contributed by atoms with Gasteiger partial charge in [-0.15, -0.1) is 0 Å². The number of nitrogens with zero attached hydrogens (tertiary/aromatic N) is 2. The van der Waals surface area contributed by atoms with E-state index in [-0.39, 0.29) is 18.1 Å². The summed E-state index contributed by atoms with van der Waals surface area (Å²) in [4.78, 5) is 18.5. The molecule has 1 aliphatic heterocycles. The number of carbonyl (C=O) groups excluding carboxylic acids is 1. The SMILES string of the molecule is C=C(OC1CCC1)[C@](C)(SC(=NC)C1(O)CCN(C(=O)OC(C)(C)C)CC1)C(C)C.